The lowest BCUT2D eigenvalue weighted by molar-refractivity contribution is 0.307. The molecule has 0 radical (unpaired) electrons. The largest absolute Gasteiger partial charge is 0.508 e. The van der Waals surface area contributed by atoms with Crippen LogP contribution in [0.4, 0.5) is 0 Å². The summed E-state index contributed by atoms with van der Waals surface area (Å²) in [7, 11) is 0. The number of fused-ring (bicyclic) bond motifs is 1. The molecule has 94 valence electrons. The minimum Gasteiger partial charge on any atom is -0.508 e. The summed E-state index contributed by atoms with van der Waals surface area (Å²) in [6.45, 7) is 2.81. The highest BCUT2D eigenvalue weighted by molar-refractivity contribution is 5.44. The quantitative estimate of drug-likeness (QED) is 0.851. The lowest BCUT2D eigenvalue weighted by atomic mass is 10.1. The van der Waals surface area contributed by atoms with Gasteiger partial charge in [0, 0.05) is 18.6 Å². The molecule has 1 aliphatic heterocycles. The standard InChI is InChI=1S/C12H13N3O3/c1-7-14-12(15-18-7)5-13-10-6-17-11-4-8(16)2-3-9(10)11/h2-4,10,13,16H,5-6H2,1H3. The highest BCUT2D eigenvalue weighted by Gasteiger charge is 2.24. The van der Waals surface area contributed by atoms with E-state index in [1.54, 1.807) is 19.1 Å². The number of phenolic OH excluding ortho intramolecular Hbond substituents is 1. The Labute approximate surface area is 104 Å². The van der Waals surface area contributed by atoms with Crippen LogP contribution in [0.25, 0.3) is 0 Å². The second-order valence-corrected chi connectivity index (χ2v) is 4.20. The first-order valence-corrected chi connectivity index (χ1v) is 5.70. The molecule has 0 saturated heterocycles. The van der Waals surface area contributed by atoms with Crippen LogP contribution in [-0.4, -0.2) is 21.9 Å². The third-order valence-corrected chi connectivity index (χ3v) is 2.85. The average molecular weight is 247 g/mol. The van der Waals surface area contributed by atoms with Gasteiger partial charge in [0.15, 0.2) is 5.82 Å². The summed E-state index contributed by atoms with van der Waals surface area (Å²) < 4.78 is 10.4. The predicted molar refractivity (Wildman–Crippen MR) is 62.2 cm³/mol. The van der Waals surface area contributed by atoms with E-state index < -0.39 is 0 Å². The lowest BCUT2D eigenvalue weighted by Gasteiger charge is -2.09. The van der Waals surface area contributed by atoms with Gasteiger partial charge in [-0.1, -0.05) is 5.16 Å². The zero-order valence-corrected chi connectivity index (χ0v) is 9.88. The first-order valence-electron chi connectivity index (χ1n) is 5.70. The molecule has 2 N–H and O–H groups in total. The summed E-state index contributed by atoms with van der Waals surface area (Å²) in [5.74, 6) is 2.11. The molecule has 1 atom stereocenters. The predicted octanol–water partition coefficient (Wildman–Crippen LogP) is 1.31. The van der Waals surface area contributed by atoms with Crippen molar-refractivity contribution in [1.29, 1.82) is 0 Å². The van der Waals surface area contributed by atoms with Crippen molar-refractivity contribution in [3.8, 4) is 11.5 Å². The minimum atomic E-state index is 0.0828. The number of phenols is 1. The molecule has 0 amide bonds. The van der Waals surface area contributed by atoms with E-state index in [1.807, 2.05) is 6.07 Å². The first kappa shape index (κ1) is 11.0. The van der Waals surface area contributed by atoms with Crippen LogP contribution in [0, 0.1) is 6.92 Å². The van der Waals surface area contributed by atoms with E-state index in [4.69, 9.17) is 9.26 Å². The molecule has 18 heavy (non-hydrogen) atoms. The molecular formula is C12H13N3O3. The van der Waals surface area contributed by atoms with Gasteiger partial charge >= 0.3 is 0 Å². The van der Waals surface area contributed by atoms with Gasteiger partial charge in [-0.3, -0.25) is 5.32 Å². The molecular weight excluding hydrogens is 234 g/mol. The topological polar surface area (TPSA) is 80.4 Å². The Kier molecular flexibility index (Phi) is 2.64. The maximum Gasteiger partial charge on any atom is 0.223 e. The van der Waals surface area contributed by atoms with Crippen LogP contribution in [0.1, 0.15) is 23.3 Å². The number of nitrogens with one attached hydrogen (secondary N) is 1. The maximum absolute atomic E-state index is 9.36. The molecule has 1 aromatic heterocycles. The van der Waals surface area contributed by atoms with Crippen molar-refractivity contribution in [2.75, 3.05) is 6.61 Å². The maximum atomic E-state index is 9.36. The van der Waals surface area contributed by atoms with Gasteiger partial charge in [0.2, 0.25) is 5.89 Å². The van der Waals surface area contributed by atoms with Crippen molar-refractivity contribution in [1.82, 2.24) is 15.5 Å². The van der Waals surface area contributed by atoms with Crippen molar-refractivity contribution in [3.05, 3.63) is 35.5 Å². The molecule has 0 aliphatic carbocycles. The molecule has 0 saturated carbocycles. The SMILES string of the molecule is Cc1nc(CNC2COc3cc(O)ccc32)no1. The average Bonchev–Trinajstić information content (AvgIpc) is 2.92. The summed E-state index contributed by atoms with van der Waals surface area (Å²) in [5.41, 5.74) is 1.04. The third kappa shape index (κ3) is 2.02. The van der Waals surface area contributed by atoms with E-state index in [9.17, 15) is 5.11 Å². The monoisotopic (exact) mass is 247 g/mol. The molecule has 6 nitrogen and oxygen atoms in total. The molecule has 2 heterocycles. The number of hydrogen-bond acceptors (Lipinski definition) is 6. The van der Waals surface area contributed by atoms with Crippen molar-refractivity contribution < 1.29 is 14.4 Å². The van der Waals surface area contributed by atoms with Crippen LogP contribution in [0.15, 0.2) is 22.7 Å². The number of rotatable bonds is 3. The Morgan fingerprint density at radius 3 is 3.17 bits per heavy atom. The lowest BCUT2D eigenvalue weighted by Crippen LogP contribution is -2.22. The molecule has 1 aromatic carbocycles. The van der Waals surface area contributed by atoms with Crippen molar-refractivity contribution in [2.45, 2.75) is 19.5 Å². The Morgan fingerprint density at radius 1 is 1.50 bits per heavy atom. The molecule has 1 unspecified atom stereocenters. The van der Waals surface area contributed by atoms with E-state index in [2.05, 4.69) is 15.5 Å². The number of ether oxygens (including phenoxy) is 1. The Bertz CT molecular complexity index is 567. The fourth-order valence-corrected chi connectivity index (χ4v) is 2.00. The number of aromatic hydroxyl groups is 1. The highest BCUT2D eigenvalue weighted by Crippen LogP contribution is 2.34. The molecule has 0 spiro atoms. The fraction of sp³-hybridized carbons (Fsp3) is 0.333. The van der Waals surface area contributed by atoms with Crippen LogP contribution in [0.3, 0.4) is 0 Å². The summed E-state index contributed by atoms with van der Waals surface area (Å²) in [6, 6.07) is 5.21. The van der Waals surface area contributed by atoms with Gasteiger partial charge in [0.05, 0.1) is 12.6 Å². The van der Waals surface area contributed by atoms with E-state index in [0.29, 0.717) is 24.9 Å². The van der Waals surface area contributed by atoms with Crippen LogP contribution in [-0.2, 0) is 6.54 Å². The van der Waals surface area contributed by atoms with Gasteiger partial charge in [-0.05, 0) is 12.1 Å². The van der Waals surface area contributed by atoms with Gasteiger partial charge in [-0.2, -0.15) is 4.98 Å². The number of benzene rings is 1. The molecule has 2 aromatic rings. The summed E-state index contributed by atoms with van der Waals surface area (Å²) in [4.78, 5) is 4.12. The summed E-state index contributed by atoms with van der Waals surface area (Å²) in [5, 5.41) is 16.5. The second-order valence-electron chi connectivity index (χ2n) is 4.20. The zero-order valence-electron chi connectivity index (χ0n) is 9.88. The highest BCUT2D eigenvalue weighted by atomic mass is 16.5. The Morgan fingerprint density at radius 2 is 2.39 bits per heavy atom. The van der Waals surface area contributed by atoms with Gasteiger partial charge in [-0.25, -0.2) is 0 Å². The van der Waals surface area contributed by atoms with E-state index in [1.165, 1.54) is 0 Å². The minimum absolute atomic E-state index is 0.0828. The number of hydrogen-bond donors (Lipinski definition) is 2. The molecule has 3 rings (SSSR count). The number of aromatic nitrogens is 2. The number of nitrogens with zero attached hydrogens (tertiary/aromatic N) is 2. The fourth-order valence-electron chi connectivity index (χ4n) is 2.00. The normalized spacial score (nSPS) is 17.5. The smallest absolute Gasteiger partial charge is 0.223 e. The van der Waals surface area contributed by atoms with Gasteiger partial charge in [0.25, 0.3) is 0 Å². The summed E-state index contributed by atoms with van der Waals surface area (Å²) >= 11 is 0. The number of aryl methyl sites for hydroxylation is 1. The van der Waals surface area contributed by atoms with Crippen molar-refractivity contribution >= 4 is 0 Å². The molecule has 1 aliphatic rings. The summed E-state index contributed by atoms with van der Waals surface area (Å²) in [6.07, 6.45) is 0. The third-order valence-electron chi connectivity index (χ3n) is 2.85. The molecule has 0 bridgehead atoms. The van der Waals surface area contributed by atoms with E-state index in [-0.39, 0.29) is 11.8 Å². The Hall–Kier alpha value is -2.08. The zero-order chi connectivity index (χ0) is 12.5. The van der Waals surface area contributed by atoms with Crippen LogP contribution < -0.4 is 10.1 Å². The van der Waals surface area contributed by atoms with Gasteiger partial charge < -0.3 is 14.4 Å². The first-order chi connectivity index (χ1) is 8.72. The van der Waals surface area contributed by atoms with Crippen molar-refractivity contribution in [2.24, 2.45) is 0 Å². The van der Waals surface area contributed by atoms with Gasteiger partial charge in [-0.15, -0.1) is 0 Å². The molecule has 6 heteroatoms. The van der Waals surface area contributed by atoms with Crippen LogP contribution in [0.2, 0.25) is 0 Å². The molecule has 0 fully saturated rings. The Balaban J connectivity index is 1.69. The van der Waals surface area contributed by atoms with Crippen molar-refractivity contribution in [3.63, 3.8) is 0 Å². The van der Waals surface area contributed by atoms with E-state index in [0.717, 1.165) is 11.3 Å². The van der Waals surface area contributed by atoms with E-state index >= 15 is 0 Å². The second kappa shape index (κ2) is 4.30. The van der Waals surface area contributed by atoms with Gasteiger partial charge in [0.1, 0.15) is 18.1 Å². The van der Waals surface area contributed by atoms with Crippen LogP contribution >= 0.6 is 0 Å². The van der Waals surface area contributed by atoms with Crippen LogP contribution in [0.5, 0.6) is 11.5 Å².